The average Bonchev–Trinajstić information content (AvgIpc) is 2.78. The topological polar surface area (TPSA) is 77.3 Å². The van der Waals surface area contributed by atoms with Crippen molar-refractivity contribution < 1.29 is 14.2 Å². The van der Waals surface area contributed by atoms with Gasteiger partial charge in [-0.15, -0.1) is 0 Å². The Balaban J connectivity index is 2.00. The van der Waals surface area contributed by atoms with Crippen LogP contribution in [0.1, 0.15) is 12.6 Å². The number of carbonyl (C=O) groups is 1. The third-order valence-corrected chi connectivity index (χ3v) is 2.72. The second-order valence-electron chi connectivity index (χ2n) is 3.88. The van der Waals surface area contributed by atoms with Crippen LogP contribution >= 0.6 is 11.6 Å². The lowest BCUT2D eigenvalue weighted by Crippen LogP contribution is -2.30. The maximum absolute atomic E-state index is 11.9. The summed E-state index contributed by atoms with van der Waals surface area (Å²) in [5.41, 5.74) is 0.498. The number of para-hydroxylation sites is 1. The Morgan fingerprint density at radius 3 is 2.79 bits per heavy atom. The monoisotopic (exact) mass is 281 g/mol. The van der Waals surface area contributed by atoms with Crippen molar-refractivity contribution in [1.82, 2.24) is 10.3 Å². The van der Waals surface area contributed by atoms with Crippen molar-refractivity contribution in [2.45, 2.75) is 20.0 Å². The molecule has 0 radical (unpaired) electrons. The second-order valence-corrected chi connectivity index (χ2v) is 4.29. The number of amides is 1. The van der Waals surface area contributed by atoms with E-state index in [0.717, 1.165) is 0 Å². The van der Waals surface area contributed by atoms with E-state index in [1.807, 2.05) is 0 Å². The molecule has 0 saturated heterocycles. The van der Waals surface area contributed by atoms with Gasteiger partial charge in [-0.3, -0.25) is 4.79 Å². The van der Waals surface area contributed by atoms with Crippen LogP contribution in [0.5, 0.6) is 5.75 Å². The zero-order valence-electron chi connectivity index (χ0n) is 10.4. The van der Waals surface area contributed by atoms with Crippen LogP contribution in [0.15, 0.2) is 28.9 Å². The normalized spacial score (nSPS) is 11.9. The van der Waals surface area contributed by atoms with E-state index in [1.54, 1.807) is 38.1 Å². The van der Waals surface area contributed by atoms with Gasteiger partial charge in [0, 0.05) is 0 Å². The third-order valence-electron chi connectivity index (χ3n) is 2.40. The molecule has 0 bridgehead atoms. The van der Waals surface area contributed by atoms with E-state index >= 15 is 0 Å². The van der Waals surface area contributed by atoms with Crippen LogP contribution in [0.3, 0.4) is 0 Å². The maximum atomic E-state index is 11.9. The Morgan fingerprint density at radius 1 is 1.42 bits per heavy atom. The highest BCUT2D eigenvalue weighted by Crippen LogP contribution is 2.24. The maximum Gasteiger partial charge on any atom is 0.266 e. The number of carbonyl (C=O) groups excluding carboxylic acids is 1. The molecule has 1 atom stereocenters. The molecule has 0 saturated carbocycles. The molecule has 1 heterocycles. The molecule has 6 nitrogen and oxygen atoms in total. The molecule has 1 aromatic carbocycles. The number of ether oxygens (including phenoxy) is 1. The molecule has 0 aliphatic rings. The Kier molecular flexibility index (Phi) is 4.01. The van der Waals surface area contributed by atoms with Gasteiger partial charge < -0.3 is 10.1 Å². The lowest BCUT2D eigenvalue weighted by Gasteiger charge is -2.14. The van der Waals surface area contributed by atoms with Gasteiger partial charge in [-0.05, 0) is 31.1 Å². The summed E-state index contributed by atoms with van der Waals surface area (Å²) in [6, 6.07) is 6.93. The first-order chi connectivity index (χ1) is 9.08. The van der Waals surface area contributed by atoms with E-state index in [0.29, 0.717) is 16.5 Å². The smallest absolute Gasteiger partial charge is 0.266 e. The van der Waals surface area contributed by atoms with E-state index in [9.17, 15) is 4.79 Å². The van der Waals surface area contributed by atoms with Crippen molar-refractivity contribution in [2.24, 2.45) is 0 Å². The summed E-state index contributed by atoms with van der Waals surface area (Å²) in [5.74, 6) is 0.361. The summed E-state index contributed by atoms with van der Waals surface area (Å²) >= 11 is 5.95. The van der Waals surface area contributed by atoms with E-state index in [4.69, 9.17) is 16.3 Å². The number of anilines is 1. The first-order valence-electron chi connectivity index (χ1n) is 5.59. The van der Waals surface area contributed by atoms with Crippen molar-refractivity contribution in [3.05, 3.63) is 35.0 Å². The van der Waals surface area contributed by atoms with Crippen LogP contribution in [-0.2, 0) is 4.79 Å². The first kappa shape index (κ1) is 13.4. The Morgan fingerprint density at radius 2 is 2.16 bits per heavy atom. The molecular formula is C12H12ClN3O3. The summed E-state index contributed by atoms with van der Waals surface area (Å²) in [7, 11) is 0. The molecule has 1 aromatic heterocycles. The van der Waals surface area contributed by atoms with Gasteiger partial charge in [0.25, 0.3) is 5.91 Å². The number of benzene rings is 1. The number of rotatable bonds is 4. The van der Waals surface area contributed by atoms with E-state index < -0.39 is 6.10 Å². The number of hydrogen-bond donors (Lipinski definition) is 1. The highest BCUT2D eigenvalue weighted by molar-refractivity contribution is 6.32. The Labute approximate surface area is 114 Å². The van der Waals surface area contributed by atoms with Crippen LogP contribution in [0.25, 0.3) is 0 Å². The average molecular weight is 282 g/mol. The van der Waals surface area contributed by atoms with E-state index in [-0.39, 0.29) is 11.7 Å². The minimum absolute atomic E-state index is 0.277. The van der Waals surface area contributed by atoms with Crippen molar-refractivity contribution in [1.29, 1.82) is 0 Å². The van der Waals surface area contributed by atoms with Crippen LogP contribution in [0.4, 0.5) is 5.82 Å². The fraction of sp³-hybridized carbons (Fsp3) is 0.250. The minimum Gasteiger partial charge on any atom is -0.479 e. The van der Waals surface area contributed by atoms with Crippen molar-refractivity contribution in [2.75, 3.05) is 5.32 Å². The van der Waals surface area contributed by atoms with Gasteiger partial charge >= 0.3 is 0 Å². The van der Waals surface area contributed by atoms with Gasteiger partial charge in [-0.25, -0.2) is 4.63 Å². The molecule has 0 unspecified atom stereocenters. The third kappa shape index (κ3) is 3.23. The van der Waals surface area contributed by atoms with Gasteiger partial charge in [0.1, 0.15) is 11.4 Å². The highest BCUT2D eigenvalue weighted by atomic mass is 35.5. The second kappa shape index (κ2) is 5.71. The van der Waals surface area contributed by atoms with Gasteiger partial charge in [0.2, 0.25) is 0 Å². The molecule has 7 heteroatoms. The molecule has 2 rings (SSSR count). The molecule has 1 amide bonds. The first-order valence-corrected chi connectivity index (χ1v) is 5.97. The molecule has 1 N–H and O–H groups in total. The Hall–Kier alpha value is -2.08. The number of aromatic nitrogens is 2. The standard InChI is InChI=1S/C12H12ClN3O3/c1-7-11(16-19-15-7)14-12(17)8(2)18-10-6-4-3-5-9(10)13/h3-6,8H,1-2H3,(H,14,16,17)/t8-/m0/s1. The van der Waals surface area contributed by atoms with Gasteiger partial charge in [0.15, 0.2) is 11.9 Å². The molecule has 100 valence electrons. The quantitative estimate of drug-likeness (QED) is 0.931. The van der Waals surface area contributed by atoms with Crippen molar-refractivity contribution in [3.63, 3.8) is 0 Å². The number of halogens is 1. The van der Waals surface area contributed by atoms with Gasteiger partial charge in [0.05, 0.1) is 5.02 Å². The molecule has 0 spiro atoms. The fourth-order valence-electron chi connectivity index (χ4n) is 1.35. The van der Waals surface area contributed by atoms with Gasteiger partial charge in [-0.1, -0.05) is 28.9 Å². The van der Waals surface area contributed by atoms with Crippen molar-refractivity contribution in [3.8, 4) is 5.75 Å². The summed E-state index contributed by atoms with van der Waals surface area (Å²) in [4.78, 5) is 11.9. The van der Waals surface area contributed by atoms with E-state index in [1.165, 1.54) is 0 Å². The number of aryl methyl sites for hydroxylation is 1. The largest absolute Gasteiger partial charge is 0.479 e. The summed E-state index contributed by atoms with van der Waals surface area (Å²) in [6.45, 7) is 3.28. The van der Waals surface area contributed by atoms with Crippen LogP contribution in [-0.4, -0.2) is 22.3 Å². The molecule has 0 aliphatic carbocycles. The lowest BCUT2D eigenvalue weighted by atomic mass is 10.3. The molecule has 2 aromatic rings. The highest BCUT2D eigenvalue weighted by Gasteiger charge is 2.18. The lowest BCUT2D eigenvalue weighted by molar-refractivity contribution is -0.122. The summed E-state index contributed by atoms with van der Waals surface area (Å²) < 4.78 is 9.96. The van der Waals surface area contributed by atoms with E-state index in [2.05, 4.69) is 20.3 Å². The molecule has 0 aliphatic heterocycles. The number of hydrogen-bond acceptors (Lipinski definition) is 5. The van der Waals surface area contributed by atoms with Gasteiger partial charge in [-0.2, -0.15) is 0 Å². The zero-order chi connectivity index (χ0) is 13.8. The summed E-state index contributed by atoms with van der Waals surface area (Å²) in [6.07, 6.45) is -0.726. The molecule has 0 fully saturated rings. The molecular weight excluding hydrogens is 270 g/mol. The zero-order valence-corrected chi connectivity index (χ0v) is 11.1. The number of nitrogens with one attached hydrogen (secondary N) is 1. The predicted octanol–water partition coefficient (Wildman–Crippen LogP) is 2.44. The number of nitrogens with zero attached hydrogens (tertiary/aromatic N) is 2. The Bertz CT molecular complexity index is 585. The fourth-order valence-corrected chi connectivity index (χ4v) is 1.53. The summed E-state index contributed by atoms with van der Waals surface area (Å²) in [5, 5.41) is 10.1. The molecule has 19 heavy (non-hydrogen) atoms. The van der Waals surface area contributed by atoms with Crippen molar-refractivity contribution >= 4 is 23.3 Å². The van der Waals surface area contributed by atoms with Crippen LogP contribution < -0.4 is 10.1 Å². The SMILES string of the molecule is Cc1nonc1NC(=O)[C@H](C)Oc1ccccc1Cl. The predicted molar refractivity (Wildman–Crippen MR) is 69.2 cm³/mol. The minimum atomic E-state index is -0.726. The van der Waals surface area contributed by atoms with Crippen LogP contribution in [0, 0.1) is 6.92 Å². The van der Waals surface area contributed by atoms with Crippen LogP contribution in [0.2, 0.25) is 5.02 Å².